The van der Waals surface area contributed by atoms with Crippen molar-refractivity contribution >= 4 is 17.6 Å². The number of aromatic hydroxyl groups is 1. The van der Waals surface area contributed by atoms with E-state index in [0.717, 1.165) is 5.56 Å². The lowest BCUT2D eigenvalue weighted by Gasteiger charge is -2.14. The molecule has 1 atom stereocenters. The van der Waals surface area contributed by atoms with Gasteiger partial charge in [0.1, 0.15) is 5.75 Å². The number of carbonyl (C=O) groups is 1. The summed E-state index contributed by atoms with van der Waals surface area (Å²) in [6.45, 7) is 3.55. The van der Waals surface area contributed by atoms with Crippen molar-refractivity contribution in [1.29, 1.82) is 0 Å². The fourth-order valence-corrected chi connectivity index (χ4v) is 1.87. The molecule has 82 valence electrons. The van der Waals surface area contributed by atoms with Gasteiger partial charge in [-0.3, -0.25) is 4.79 Å². The Labute approximate surface area is 93.3 Å². The van der Waals surface area contributed by atoms with Crippen molar-refractivity contribution < 1.29 is 15.0 Å². The zero-order valence-electron chi connectivity index (χ0n) is 8.62. The van der Waals surface area contributed by atoms with Crippen LogP contribution in [0.4, 0.5) is 0 Å². The van der Waals surface area contributed by atoms with Crippen LogP contribution < -0.4 is 0 Å². The topological polar surface area (TPSA) is 57.5 Å². The van der Waals surface area contributed by atoms with Crippen LogP contribution in [0.15, 0.2) is 12.1 Å². The van der Waals surface area contributed by atoms with Gasteiger partial charge in [0.15, 0.2) is 0 Å². The van der Waals surface area contributed by atoms with Gasteiger partial charge in [-0.1, -0.05) is 24.6 Å². The molecule has 0 spiro atoms. The van der Waals surface area contributed by atoms with Crippen LogP contribution in [-0.4, -0.2) is 16.2 Å². The fraction of sp³-hybridized carbons (Fsp3) is 0.364. The van der Waals surface area contributed by atoms with Gasteiger partial charge in [-0.25, -0.2) is 0 Å². The molecule has 2 N–H and O–H groups in total. The second-order valence-corrected chi connectivity index (χ2v) is 4.01. The Balaban J connectivity index is 3.12. The molecular formula is C11H13ClO3. The average molecular weight is 229 g/mol. The number of halogens is 1. The molecule has 0 fully saturated rings. The van der Waals surface area contributed by atoms with Gasteiger partial charge in [0, 0.05) is 5.56 Å². The van der Waals surface area contributed by atoms with Crippen LogP contribution in [-0.2, 0) is 4.79 Å². The van der Waals surface area contributed by atoms with Gasteiger partial charge >= 0.3 is 5.97 Å². The monoisotopic (exact) mass is 228 g/mol. The lowest BCUT2D eigenvalue weighted by atomic mass is 9.95. The number of hydrogen-bond donors (Lipinski definition) is 2. The largest absolute Gasteiger partial charge is 0.508 e. The SMILES string of the molecule is Cc1ccc(O)c(C(C)CC(=O)O)c1Cl. The fourth-order valence-electron chi connectivity index (χ4n) is 1.52. The number of carboxylic acid groups (broad SMARTS) is 1. The summed E-state index contributed by atoms with van der Waals surface area (Å²) in [6.07, 6.45) is -0.0449. The highest BCUT2D eigenvalue weighted by Crippen LogP contribution is 2.36. The normalized spacial score (nSPS) is 12.5. The average Bonchev–Trinajstić information content (AvgIpc) is 2.11. The zero-order valence-corrected chi connectivity index (χ0v) is 9.38. The Kier molecular flexibility index (Phi) is 3.58. The minimum atomic E-state index is -0.903. The Hall–Kier alpha value is -1.22. The van der Waals surface area contributed by atoms with E-state index in [1.807, 2.05) is 6.92 Å². The van der Waals surface area contributed by atoms with Crippen molar-refractivity contribution in [2.45, 2.75) is 26.2 Å². The van der Waals surface area contributed by atoms with E-state index < -0.39 is 5.97 Å². The zero-order chi connectivity index (χ0) is 11.6. The molecule has 0 amide bonds. The van der Waals surface area contributed by atoms with Crippen molar-refractivity contribution in [3.05, 3.63) is 28.3 Å². The third-order valence-electron chi connectivity index (χ3n) is 2.32. The van der Waals surface area contributed by atoms with E-state index >= 15 is 0 Å². The minimum absolute atomic E-state index is 0.0449. The molecule has 0 heterocycles. The Morgan fingerprint density at radius 1 is 1.53 bits per heavy atom. The summed E-state index contributed by atoms with van der Waals surface area (Å²) in [4.78, 5) is 10.6. The number of rotatable bonds is 3. The quantitative estimate of drug-likeness (QED) is 0.836. The van der Waals surface area contributed by atoms with Crippen molar-refractivity contribution in [1.82, 2.24) is 0 Å². The van der Waals surface area contributed by atoms with Gasteiger partial charge in [0.05, 0.1) is 11.4 Å². The third kappa shape index (κ3) is 2.63. The number of phenolic OH excluding ortho intramolecular Hbond substituents is 1. The molecule has 1 rings (SSSR count). The highest BCUT2D eigenvalue weighted by molar-refractivity contribution is 6.32. The molecule has 0 aliphatic heterocycles. The predicted molar refractivity (Wildman–Crippen MR) is 58.5 cm³/mol. The molecule has 0 saturated heterocycles. The molecule has 1 aromatic rings. The summed E-state index contributed by atoms with van der Waals surface area (Å²) >= 11 is 6.02. The summed E-state index contributed by atoms with van der Waals surface area (Å²) in [5, 5.41) is 18.7. The van der Waals surface area contributed by atoms with Gasteiger partial charge in [-0.15, -0.1) is 0 Å². The number of carboxylic acids is 1. The number of hydrogen-bond acceptors (Lipinski definition) is 2. The number of phenols is 1. The standard InChI is InChI=1S/C11H13ClO3/c1-6-3-4-8(13)10(11(6)12)7(2)5-9(14)15/h3-4,7,13H,5H2,1-2H3,(H,14,15). The van der Waals surface area contributed by atoms with Crippen LogP contribution in [0.1, 0.15) is 30.4 Å². The van der Waals surface area contributed by atoms with E-state index in [1.54, 1.807) is 13.0 Å². The number of aliphatic carboxylic acids is 1. The summed E-state index contributed by atoms with van der Waals surface area (Å²) in [5.41, 5.74) is 1.35. The van der Waals surface area contributed by atoms with Crippen LogP contribution in [0, 0.1) is 6.92 Å². The molecule has 15 heavy (non-hydrogen) atoms. The molecule has 1 aromatic carbocycles. The summed E-state index contributed by atoms with van der Waals surface area (Å²) < 4.78 is 0. The summed E-state index contributed by atoms with van der Waals surface area (Å²) in [6, 6.07) is 3.24. The first-order chi connectivity index (χ1) is 6.93. The maximum absolute atomic E-state index is 10.6. The molecule has 3 nitrogen and oxygen atoms in total. The molecule has 0 bridgehead atoms. The van der Waals surface area contributed by atoms with Crippen LogP contribution in [0.5, 0.6) is 5.75 Å². The summed E-state index contributed by atoms with van der Waals surface area (Å²) in [7, 11) is 0. The van der Waals surface area contributed by atoms with Gasteiger partial charge in [0.2, 0.25) is 0 Å². The maximum atomic E-state index is 10.6. The van der Waals surface area contributed by atoms with Gasteiger partial charge in [0.25, 0.3) is 0 Å². The van der Waals surface area contributed by atoms with E-state index in [-0.39, 0.29) is 18.1 Å². The first kappa shape index (κ1) is 11.9. The molecule has 0 aliphatic carbocycles. The minimum Gasteiger partial charge on any atom is -0.508 e. The van der Waals surface area contributed by atoms with Crippen LogP contribution in [0.2, 0.25) is 5.02 Å². The van der Waals surface area contributed by atoms with Crippen molar-refractivity contribution in [3.63, 3.8) is 0 Å². The number of aryl methyl sites for hydroxylation is 1. The van der Waals surface area contributed by atoms with E-state index in [0.29, 0.717) is 10.6 Å². The van der Waals surface area contributed by atoms with Gasteiger partial charge in [-0.2, -0.15) is 0 Å². The van der Waals surface area contributed by atoms with Crippen LogP contribution in [0.3, 0.4) is 0 Å². The van der Waals surface area contributed by atoms with E-state index in [4.69, 9.17) is 16.7 Å². The highest BCUT2D eigenvalue weighted by atomic mass is 35.5. The van der Waals surface area contributed by atoms with Crippen LogP contribution >= 0.6 is 11.6 Å². The Bertz CT molecular complexity index is 388. The molecular weight excluding hydrogens is 216 g/mol. The van der Waals surface area contributed by atoms with Gasteiger partial charge in [-0.05, 0) is 24.5 Å². The molecule has 0 aromatic heterocycles. The second-order valence-electron chi connectivity index (χ2n) is 3.63. The molecule has 4 heteroatoms. The first-order valence-corrected chi connectivity index (χ1v) is 5.01. The number of benzene rings is 1. The third-order valence-corrected chi connectivity index (χ3v) is 2.83. The molecule has 0 aliphatic rings. The molecule has 1 unspecified atom stereocenters. The van der Waals surface area contributed by atoms with E-state index in [1.165, 1.54) is 6.07 Å². The smallest absolute Gasteiger partial charge is 0.303 e. The lowest BCUT2D eigenvalue weighted by Crippen LogP contribution is -2.04. The van der Waals surface area contributed by atoms with Crippen molar-refractivity contribution in [3.8, 4) is 5.75 Å². The lowest BCUT2D eigenvalue weighted by molar-refractivity contribution is -0.137. The van der Waals surface area contributed by atoms with Crippen molar-refractivity contribution in [2.24, 2.45) is 0 Å². The predicted octanol–water partition coefficient (Wildman–Crippen LogP) is 2.93. The van der Waals surface area contributed by atoms with E-state index in [9.17, 15) is 9.90 Å². The molecule has 0 radical (unpaired) electrons. The highest BCUT2D eigenvalue weighted by Gasteiger charge is 2.18. The Morgan fingerprint density at radius 2 is 2.13 bits per heavy atom. The first-order valence-electron chi connectivity index (χ1n) is 4.63. The summed E-state index contributed by atoms with van der Waals surface area (Å²) in [5.74, 6) is -1.14. The second kappa shape index (κ2) is 4.53. The van der Waals surface area contributed by atoms with E-state index in [2.05, 4.69) is 0 Å². The Morgan fingerprint density at radius 3 is 2.67 bits per heavy atom. The van der Waals surface area contributed by atoms with Crippen molar-refractivity contribution in [2.75, 3.05) is 0 Å². The maximum Gasteiger partial charge on any atom is 0.303 e. The van der Waals surface area contributed by atoms with Gasteiger partial charge < -0.3 is 10.2 Å². The van der Waals surface area contributed by atoms with Crippen LogP contribution in [0.25, 0.3) is 0 Å². The molecule has 0 saturated carbocycles.